The summed E-state index contributed by atoms with van der Waals surface area (Å²) >= 11 is 0. The summed E-state index contributed by atoms with van der Waals surface area (Å²) in [4.78, 5) is 0. The molecule has 2 heteroatoms. The molecule has 2 nitrogen and oxygen atoms in total. The average molecular weight is 251 g/mol. The first kappa shape index (κ1) is 11.8. The molecule has 0 aliphatic rings. The second-order valence-electron chi connectivity index (χ2n) is 4.88. The maximum Gasteiger partial charge on any atom is 0.0910 e. The van der Waals surface area contributed by atoms with Gasteiger partial charge in [-0.1, -0.05) is 49.4 Å². The molecule has 96 valence electrons. The summed E-state index contributed by atoms with van der Waals surface area (Å²) in [5.41, 5.74) is 5.20. The highest BCUT2D eigenvalue weighted by atomic mass is 16.5. The molecule has 3 aromatic rings. The standard InChI is InChI=1S/C17H17NO/c1-3-14-15-10-9-12(2)11-16(15)18(19)17(14)13-7-5-4-6-8-13/h4-11,19H,3H2,1-2H3. The van der Waals surface area contributed by atoms with Gasteiger partial charge >= 0.3 is 0 Å². The van der Waals surface area contributed by atoms with Gasteiger partial charge in [0.1, 0.15) is 0 Å². The number of nitrogens with zero attached hydrogens (tertiary/aromatic N) is 1. The summed E-state index contributed by atoms with van der Waals surface area (Å²) in [6.45, 7) is 4.17. The van der Waals surface area contributed by atoms with Crippen molar-refractivity contribution in [3.63, 3.8) is 0 Å². The summed E-state index contributed by atoms with van der Waals surface area (Å²) in [6, 6.07) is 16.3. The van der Waals surface area contributed by atoms with E-state index >= 15 is 0 Å². The summed E-state index contributed by atoms with van der Waals surface area (Å²) < 4.78 is 1.33. The van der Waals surface area contributed by atoms with Crippen molar-refractivity contribution in [2.75, 3.05) is 0 Å². The van der Waals surface area contributed by atoms with Crippen LogP contribution < -0.4 is 0 Å². The first-order chi connectivity index (χ1) is 9.22. The molecular weight excluding hydrogens is 234 g/mol. The Hall–Kier alpha value is -2.22. The second-order valence-corrected chi connectivity index (χ2v) is 4.88. The molecule has 0 saturated carbocycles. The van der Waals surface area contributed by atoms with E-state index in [0.29, 0.717) is 0 Å². The van der Waals surface area contributed by atoms with Crippen molar-refractivity contribution in [3.8, 4) is 11.3 Å². The Morgan fingerprint density at radius 2 is 1.79 bits per heavy atom. The molecule has 1 aromatic heterocycles. The lowest BCUT2D eigenvalue weighted by Gasteiger charge is -2.05. The van der Waals surface area contributed by atoms with E-state index in [1.54, 1.807) is 0 Å². The molecule has 0 aliphatic heterocycles. The van der Waals surface area contributed by atoms with Crippen LogP contribution in [-0.4, -0.2) is 9.94 Å². The van der Waals surface area contributed by atoms with Gasteiger partial charge in [0.2, 0.25) is 0 Å². The SMILES string of the molecule is CCc1c(-c2ccccc2)n(O)c2cc(C)ccc12. The van der Waals surface area contributed by atoms with Gasteiger partial charge in [-0.2, -0.15) is 4.73 Å². The zero-order chi connectivity index (χ0) is 13.4. The van der Waals surface area contributed by atoms with Crippen LogP contribution in [0.15, 0.2) is 48.5 Å². The fraction of sp³-hybridized carbons (Fsp3) is 0.176. The Balaban J connectivity index is 2.39. The number of benzene rings is 2. The molecule has 2 aromatic carbocycles. The van der Waals surface area contributed by atoms with Crippen molar-refractivity contribution in [3.05, 3.63) is 59.7 Å². The maximum absolute atomic E-state index is 10.5. The molecule has 0 atom stereocenters. The zero-order valence-corrected chi connectivity index (χ0v) is 11.2. The van der Waals surface area contributed by atoms with Crippen LogP contribution in [0.5, 0.6) is 0 Å². The molecule has 0 unspecified atom stereocenters. The summed E-state index contributed by atoms with van der Waals surface area (Å²) in [5, 5.41) is 11.6. The van der Waals surface area contributed by atoms with Crippen LogP contribution in [0.3, 0.4) is 0 Å². The van der Waals surface area contributed by atoms with Crippen LogP contribution in [0, 0.1) is 6.92 Å². The third kappa shape index (κ3) is 1.80. The van der Waals surface area contributed by atoms with Gasteiger partial charge in [0.15, 0.2) is 0 Å². The predicted octanol–water partition coefficient (Wildman–Crippen LogP) is 4.42. The van der Waals surface area contributed by atoms with E-state index in [-0.39, 0.29) is 0 Å². The fourth-order valence-corrected chi connectivity index (χ4v) is 2.70. The molecule has 0 saturated heterocycles. The number of hydrogen-bond acceptors (Lipinski definition) is 1. The van der Waals surface area contributed by atoms with Crippen LogP contribution >= 0.6 is 0 Å². The minimum atomic E-state index is 0.885. The largest absolute Gasteiger partial charge is 0.428 e. The van der Waals surface area contributed by atoms with Crippen LogP contribution in [0.25, 0.3) is 22.2 Å². The van der Waals surface area contributed by atoms with Crippen molar-refractivity contribution >= 4 is 10.9 Å². The van der Waals surface area contributed by atoms with E-state index in [9.17, 15) is 5.21 Å². The van der Waals surface area contributed by atoms with Crippen molar-refractivity contribution in [2.45, 2.75) is 20.3 Å². The first-order valence-corrected chi connectivity index (χ1v) is 6.61. The van der Waals surface area contributed by atoms with Gasteiger partial charge in [-0.3, -0.25) is 0 Å². The Labute approximate surface area is 112 Å². The van der Waals surface area contributed by atoms with Gasteiger partial charge in [0.25, 0.3) is 0 Å². The highest BCUT2D eigenvalue weighted by Crippen LogP contribution is 2.33. The van der Waals surface area contributed by atoms with Gasteiger partial charge in [0.05, 0.1) is 11.2 Å². The van der Waals surface area contributed by atoms with E-state index in [4.69, 9.17) is 0 Å². The summed E-state index contributed by atoms with van der Waals surface area (Å²) in [7, 11) is 0. The monoisotopic (exact) mass is 251 g/mol. The molecule has 1 N–H and O–H groups in total. The third-order valence-corrected chi connectivity index (χ3v) is 3.60. The van der Waals surface area contributed by atoms with Crippen molar-refractivity contribution in [1.82, 2.24) is 4.73 Å². The molecule has 0 amide bonds. The second kappa shape index (κ2) is 4.47. The smallest absolute Gasteiger partial charge is 0.0910 e. The van der Waals surface area contributed by atoms with E-state index in [0.717, 1.165) is 34.1 Å². The highest BCUT2D eigenvalue weighted by molar-refractivity contribution is 5.91. The lowest BCUT2D eigenvalue weighted by molar-refractivity contribution is 0.204. The maximum atomic E-state index is 10.5. The Morgan fingerprint density at radius 1 is 1.05 bits per heavy atom. The number of aryl methyl sites for hydroxylation is 2. The van der Waals surface area contributed by atoms with E-state index in [1.165, 1.54) is 10.3 Å². The van der Waals surface area contributed by atoms with Gasteiger partial charge in [-0.15, -0.1) is 0 Å². The minimum absolute atomic E-state index is 0.885. The first-order valence-electron chi connectivity index (χ1n) is 6.61. The topological polar surface area (TPSA) is 25.2 Å². The lowest BCUT2D eigenvalue weighted by Crippen LogP contribution is -1.95. The van der Waals surface area contributed by atoms with Crippen LogP contribution in [0.1, 0.15) is 18.1 Å². The minimum Gasteiger partial charge on any atom is -0.428 e. The highest BCUT2D eigenvalue weighted by Gasteiger charge is 2.16. The number of fused-ring (bicyclic) bond motifs is 1. The van der Waals surface area contributed by atoms with Crippen molar-refractivity contribution in [1.29, 1.82) is 0 Å². The van der Waals surface area contributed by atoms with E-state index in [2.05, 4.69) is 19.1 Å². The quantitative estimate of drug-likeness (QED) is 0.670. The van der Waals surface area contributed by atoms with Crippen LogP contribution in [0.4, 0.5) is 0 Å². The average Bonchev–Trinajstić information content (AvgIpc) is 2.72. The number of aromatic nitrogens is 1. The van der Waals surface area contributed by atoms with Gasteiger partial charge in [-0.05, 0) is 30.5 Å². The van der Waals surface area contributed by atoms with Gasteiger partial charge < -0.3 is 5.21 Å². The predicted molar refractivity (Wildman–Crippen MR) is 78.7 cm³/mol. The Bertz CT molecular complexity index is 726. The van der Waals surface area contributed by atoms with Crippen molar-refractivity contribution in [2.24, 2.45) is 0 Å². The van der Waals surface area contributed by atoms with Gasteiger partial charge in [-0.25, -0.2) is 0 Å². The fourth-order valence-electron chi connectivity index (χ4n) is 2.70. The van der Waals surface area contributed by atoms with Crippen LogP contribution in [-0.2, 0) is 6.42 Å². The molecule has 19 heavy (non-hydrogen) atoms. The molecule has 0 spiro atoms. The van der Waals surface area contributed by atoms with Crippen molar-refractivity contribution < 1.29 is 5.21 Å². The Kier molecular flexibility index (Phi) is 2.79. The normalized spacial score (nSPS) is 11.1. The molecule has 0 aliphatic carbocycles. The molecule has 3 rings (SSSR count). The molecular formula is C17H17NO. The van der Waals surface area contributed by atoms with Gasteiger partial charge in [0, 0.05) is 10.9 Å². The lowest BCUT2D eigenvalue weighted by atomic mass is 10.0. The summed E-state index contributed by atoms with van der Waals surface area (Å²) in [6.07, 6.45) is 0.900. The third-order valence-electron chi connectivity index (χ3n) is 3.60. The zero-order valence-electron chi connectivity index (χ0n) is 11.2. The number of rotatable bonds is 2. The van der Waals surface area contributed by atoms with E-state index < -0.39 is 0 Å². The molecule has 1 heterocycles. The summed E-state index contributed by atoms with van der Waals surface area (Å²) in [5.74, 6) is 0. The molecule has 0 radical (unpaired) electrons. The Morgan fingerprint density at radius 3 is 2.47 bits per heavy atom. The van der Waals surface area contributed by atoms with E-state index in [1.807, 2.05) is 43.3 Å². The number of hydrogen-bond donors (Lipinski definition) is 1. The molecule has 0 fully saturated rings. The van der Waals surface area contributed by atoms with Crippen LogP contribution in [0.2, 0.25) is 0 Å². The molecule has 0 bridgehead atoms.